The number of fused-ring (bicyclic) bond motifs is 2. The number of carbonyl (C=O) groups excluding carboxylic acids is 2. The second-order valence-corrected chi connectivity index (χ2v) is 18.0. The molecule has 0 heterocycles. The molecule has 0 aliphatic heterocycles. The highest BCUT2D eigenvalue weighted by atomic mass is 32.2. The topological polar surface area (TPSA) is 151 Å². The Morgan fingerprint density at radius 1 is 0.554 bits per heavy atom. The molecule has 1 aliphatic rings. The van der Waals surface area contributed by atoms with Crippen LogP contribution in [0.3, 0.4) is 0 Å². The molecule has 5 rings (SSSR count). The van der Waals surface area contributed by atoms with Crippen LogP contribution in [-0.2, 0) is 45.7 Å². The Kier molecular flexibility index (Phi) is 13.0. The highest BCUT2D eigenvalue weighted by Crippen LogP contribution is 2.43. The molecule has 1 aliphatic carbocycles. The number of aryl methyl sites for hydroxylation is 4. The molecule has 0 bridgehead atoms. The number of hydrogen-bond donors (Lipinski definition) is 4. The molecule has 56 heavy (non-hydrogen) atoms. The third-order valence-corrected chi connectivity index (χ3v) is 14.5. The van der Waals surface area contributed by atoms with Crippen LogP contribution in [0.5, 0.6) is 0 Å². The normalized spacial score (nSPS) is 14.0. The lowest BCUT2D eigenvalue weighted by molar-refractivity contribution is 0.0980. The van der Waals surface area contributed by atoms with Gasteiger partial charge in [0.1, 0.15) is 0 Å². The molecule has 10 nitrogen and oxygen atoms in total. The van der Waals surface area contributed by atoms with Gasteiger partial charge in [0, 0.05) is 34.6 Å². The zero-order chi connectivity index (χ0) is 41.3. The first-order valence-corrected chi connectivity index (χ1v) is 22.7. The maximum absolute atomic E-state index is 14.6. The zero-order valence-corrected chi connectivity index (χ0v) is 35.9. The highest BCUT2D eigenvalue weighted by molar-refractivity contribution is 7.90. The summed E-state index contributed by atoms with van der Waals surface area (Å²) < 4.78 is 61.2. The molecule has 4 N–H and O–H groups in total. The summed E-state index contributed by atoms with van der Waals surface area (Å²) in [5.74, 6) is -0.709. The van der Waals surface area contributed by atoms with Gasteiger partial charge in [-0.05, 0) is 112 Å². The second kappa shape index (κ2) is 17.0. The fourth-order valence-electron chi connectivity index (χ4n) is 7.70. The van der Waals surface area contributed by atoms with Gasteiger partial charge in [0.15, 0.2) is 11.6 Å². The standard InChI is InChI=1S/C44H56N4O6S2/c1-11-27(9)47-55(51,52)43-25(7)23-29(13-3)39(31(43)15-5)45-35-21-22-36(38-37(35)41(49)33-19-17-18-20-34(33)42(38)50)46-40-30(14-4)24-26(8)44(32(40)16-6)56(53,54)48-28(10)12-2/h17-24,27-28,45-48H,11-16H2,1-10H3. The number of nitrogens with one attached hydrogen (secondary N) is 4. The van der Waals surface area contributed by atoms with E-state index in [9.17, 15) is 26.4 Å². The van der Waals surface area contributed by atoms with E-state index in [0.717, 1.165) is 11.1 Å². The van der Waals surface area contributed by atoms with Gasteiger partial charge in [-0.2, -0.15) is 0 Å². The van der Waals surface area contributed by atoms with Gasteiger partial charge in [-0.25, -0.2) is 26.3 Å². The monoisotopic (exact) mass is 800 g/mol. The van der Waals surface area contributed by atoms with Crippen LogP contribution < -0.4 is 20.1 Å². The molecular formula is C44H56N4O6S2. The molecule has 0 saturated heterocycles. The zero-order valence-electron chi connectivity index (χ0n) is 34.3. The summed E-state index contributed by atoms with van der Waals surface area (Å²) in [5, 5.41) is 6.95. The summed E-state index contributed by atoms with van der Waals surface area (Å²) in [6, 6.07) is 13.4. The third kappa shape index (κ3) is 7.94. The summed E-state index contributed by atoms with van der Waals surface area (Å²) in [7, 11) is -7.82. The van der Waals surface area contributed by atoms with Gasteiger partial charge >= 0.3 is 0 Å². The Labute approximate surface area is 333 Å². The van der Waals surface area contributed by atoms with Crippen molar-refractivity contribution in [2.24, 2.45) is 0 Å². The molecule has 0 saturated carbocycles. The van der Waals surface area contributed by atoms with Crippen molar-refractivity contribution in [3.63, 3.8) is 0 Å². The SMILES string of the molecule is CCc1cc(C)c(S(=O)(=O)NC(C)CC)c(CC)c1Nc1ccc(Nc2c(CC)cc(C)c(S(=O)(=O)NC(C)CC)c2CC)c2c1C(=O)c1ccccc1C2=O. The molecule has 2 unspecified atom stereocenters. The van der Waals surface area contributed by atoms with Gasteiger partial charge in [0.2, 0.25) is 20.0 Å². The predicted octanol–water partition coefficient (Wildman–Crippen LogP) is 8.97. The van der Waals surface area contributed by atoms with Gasteiger partial charge in [0.25, 0.3) is 0 Å². The summed E-state index contributed by atoms with van der Waals surface area (Å²) in [5.41, 5.74) is 6.88. The second-order valence-electron chi connectivity index (χ2n) is 14.7. The van der Waals surface area contributed by atoms with E-state index in [1.54, 1.807) is 50.2 Å². The van der Waals surface area contributed by atoms with Crippen LogP contribution in [0, 0.1) is 13.8 Å². The van der Waals surface area contributed by atoms with Crippen LogP contribution in [-0.4, -0.2) is 40.5 Å². The third-order valence-electron chi connectivity index (χ3n) is 10.8. The van der Waals surface area contributed by atoms with E-state index in [1.807, 2.05) is 67.5 Å². The van der Waals surface area contributed by atoms with E-state index in [1.165, 1.54) is 0 Å². The van der Waals surface area contributed by atoms with Crippen LogP contribution in [0.25, 0.3) is 0 Å². The average molecular weight is 801 g/mol. The largest absolute Gasteiger partial charge is 0.354 e. The van der Waals surface area contributed by atoms with Gasteiger partial charge < -0.3 is 10.6 Å². The van der Waals surface area contributed by atoms with Crippen LogP contribution >= 0.6 is 0 Å². The summed E-state index contributed by atoms with van der Waals surface area (Å²) in [6.45, 7) is 18.9. The minimum Gasteiger partial charge on any atom is -0.354 e. The molecule has 0 aromatic heterocycles. The molecule has 4 aromatic rings. The smallest absolute Gasteiger partial charge is 0.241 e. The quantitative estimate of drug-likeness (QED) is 0.0773. The maximum atomic E-state index is 14.6. The Morgan fingerprint density at radius 2 is 0.911 bits per heavy atom. The number of carbonyl (C=O) groups is 2. The fourth-order valence-corrected chi connectivity index (χ4v) is 11.4. The predicted molar refractivity (Wildman–Crippen MR) is 226 cm³/mol. The Bertz CT molecular complexity index is 2250. The number of sulfonamides is 2. The highest BCUT2D eigenvalue weighted by Gasteiger charge is 2.36. The minimum atomic E-state index is -3.91. The van der Waals surface area contributed by atoms with Crippen molar-refractivity contribution >= 4 is 54.4 Å². The van der Waals surface area contributed by atoms with Crippen molar-refractivity contribution < 1.29 is 26.4 Å². The molecule has 4 aromatic carbocycles. The number of benzene rings is 4. The first-order chi connectivity index (χ1) is 26.5. The molecule has 2 atom stereocenters. The average Bonchev–Trinajstić information content (AvgIpc) is 3.16. The Hall–Kier alpha value is -4.36. The van der Waals surface area contributed by atoms with Gasteiger partial charge in [-0.15, -0.1) is 0 Å². The van der Waals surface area contributed by atoms with Gasteiger partial charge in [0.05, 0.1) is 32.3 Å². The van der Waals surface area contributed by atoms with E-state index in [-0.39, 0.29) is 55.7 Å². The lowest BCUT2D eigenvalue weighted by atomic mass is 9.82. The van der Waals surface area contributed by atoms with E-state index in [2.05, 4.69) is 20.1 Å². The van der Waals surface area contributed by atoms with E-state index in [4.69, 9.17) is 0 Å². The lowest BCUT2D eigenvalue weighted by Crippen LogP contribution is -2.33. The van der Waals surface area contributed by atoms with Crippen molar-refractivity contribution in [2.75, 3.05) is 10.6 Å². The van der Waals surface area contributed by atoms with Crippen molar-refractivity contribution in [3.8, 4) is 0 Å². The fraction of sp³-hybridized carbons (Fsp3) is 0.409. The number of rotatable bonds is 16. The molecule has 0 radical (unpaired) electrons. The summed E-state index contributed by atoms with van der Waals surface area (Å²) in [4.78, 5) is 29.6. The van der Waals surface area contributed by atoms with E-state index < -0.39 is 20.0 Å². The number of ketones is 2. The molecular weight excluding hydrogens is 745 g/mol. The van der Waals surface area contributed by atoms with Crippen molar-refractivity contribution in [1.82, 2.24) is 9.44 Å². The molecule has 0 amide bonds. The molecule has 0 fully saturated rings. The summed E-state index contributed by atoms with van der Waals surface area (Å²) >= 11 is 0. The number of hydrogen-bond acceptors (Lipinski definition) is 8. The summed E-state index contributed by atoms with van der Waals surface area (Å²) in [6.07, 6.45) is 3.17. The van der Waals surface area contributed by atoms with Crippen LogP contribution in [0.4, 0.5) is 22.7 Å². The molecule has 300 valence electrons. The van der Waals surface area contributed by atoms with Gasteiger partial charge in [-0.1, -0.05) is 77.9 Å². The van der Waals surface area contributed by atoms with Crippen molar-refractivity contribution in [1.29, 1.82) is 0 Å². The molecule has 0 spiro atoms. The van der Waals surface area contributed by atoms with Crippen LogP contribution in [0.2, 0.25) is 0 Å². The number of anilines is 4. The van der Waals surface area contributed by atoms with E-state index in [0.29, 0.717) is 83.5 Å². The van der Waals surface area contributed by atoms with Crippen LogP contribution in [0.15, 0.2) is 58.3 Å². The Morgan fingerprint density at radius 3 is 1.21 bits per heavy atom. The maximum Gasteiger partial charge on any atom is 0.241 e. The van der Waals surface area contributed by atoms with E-state index >= 15 is 0 Å². The first-order valence-electron chi connectivity index (χ1n) is 19.7. The molecule has 12 heteroatoms. The lowest BCUT2D eigenvalue weighted by Gasteiger charge is -2.27. The first kappa shape index (κ1) is 42.8. The Balaban J connectivity index is 1.77. The van der Waals surface area contributed by atoms with Crippen molar-refractivity contribution in [2.45, 2.75) is 130 Å². The van der Waals surface area contributed by atoms with Crippen molar-refractivity contribution in [3.05, 3.63) is 104 Å². The van der Waals surface area contributed by atoms with Crippen LogP contribution in [0.1, 0.15) is 133 Å². The van der Waals surface area contributed by atoms with Gasteiger partial charge in [-0.3, -0.25) is 9.59 Å². The minimum absolute atomic E-state index is 0.153.